The molecule has 0 aliphatic rings. The largest absolute Gasteiger partial charge is 0.463 e. The zero-order valence-corrected chi connectivity index (χ0v) is 10.8. The molecule has 0 spiro atoms. The summed E-state index contributed by atoms with van der Waals surface area (Å²) in [6.07, 6.45) is 0.970. The number of methoxy groups -OCH3 is 1. The molecule has 0 atom stereocenters. The average Bonchev–Trinajstić information content (AvgIpc) is 2.38. The second kappa shape index (κ2) is 4.73. The summed E-state index contributed by atoms with van der Waals surface area (Å²) in [5.74, 6) is -2.12. The van der Waals surface area contributed by atoms with Crippen molar-refractivity contribution in [3.63, 3.8) is 0 Å². The van der Waals surface area contributed by atoms with Crippen LogP contribution in [0.2, 0.25) is 0 Å². The van der Waals surface area contributed by atoms with Gasteiger partial charge < -0.3 is 9.15 Å². The molecule has 0 saturated carbocycles. The van der Waals surface area contributed by atoms with Crippen molar-refractivity contribution in [2.24, 2.45) is 0 Å². The number of carbonyl (C=O) groups excluding carboxylic acids is 2. The highest BCUT2D eigenvalue weighted by atomic mass is 79.9. The van der Waals surface area contributed by atoms with Gasteiger partial charge in [-0.1, -0.05) is 15.9 Å². The fourth-order valence-corrected chi connectivity index (χ4v) is 1.82. The van der Waals surface area contributed by atoms with E-state index in [9.17, 15) is 14.4 Å². The monoisotopic (exact) mass is 310 g/mol. The lowest BCUT2D eigenvalue weighted by Crippen LogP contribution is -2.23. The predicted molar refractivity (Wildman–Crippen MR) is 66.5 cm³/mol. The minimum Gasteiger partial charge on any atom is -0.463 e. The van der Waals surface area contributed by atoms with Crippen LogP contribution in [0.1, 0.15) is 10.4 Å². The molecule has 0 aliphatic carbocycles. The van der Waals surface area contributed by atoms with E-state index in [2.05, 4.69) is 20.7 Å². The molecule has 0 amide bonds. The van der Waals surface area contributed by atoms with Gasteiger partial charge in [0.15, 0.2) is 0 Å². The molecule has 1 aromatic carbocycles. The lowest BCUT2D eigenvalue weighted by Gasteiger charge is -2.01. The van der Waals surface area contributed by atoms with E-state index in [1.165, 1.54) is 6.07 Å². The Morgan fingerprint density at radius 3 is 2.72 bits per heavy atom. The number of rotatable bonds is 2. The summed E-state index contributed by atoms with van der Waals surface area (Å²) in [6, 6.07) is 4.81. The number of halogens is 1. The zero-order chi connectivity index (χ0) is 13.3. The van der Waals surface area contributed by atoms with Crippen LogP contribution in [-0.2, 0) is 9.53 Å². The number of hydrogen-bond donors (Lipinski definition) is 0. The lowest BCUT2D eigenvalue weighted by atomic mass is 10.1. The molecule has 6 heteroatoms. The minimum atomic E-state index is -1.10. The van der Waals surface area contributed by atoms with Crippen molar-refractivity contribution in [2.75, 3.05) is 7.11 Å². The molecule has 0 unspecified atom stereocenters. The van der Waals surface area contributed by atoms with Crippen LogP contribution in [0.4, 0.5) is 0 Å². The van der Waals surface area contributed by atoms with E-state index in [1.807, 2.05) is 0 Å². The number of ether oxygens (including phenoxy) is 1. The number of ketones is 1. The van der Waals surface area contributed by atoms with Gasteiger partial charge in [0.05, 0.1) is 12.5 Å². The molecular weight excluding hydrogens is 304 g/mol. The molecule has 0 fully saturated rings. The second-order valence-electron chi connectivity index (χ2n) is 3.44. The summed E-state index contributed by atoms with van der Waals surface area (Å²) >= 11 is 3.21. The van der Waals surface area contributed by atoms with E-state index in [0.29, 0.717) is 10.1 Å². The van der Waals surface area contributed by atoms with E-state index in [0.717, 1.165) is 13.4 Å². The molecule has 92 valence electrons. The molecule has 0 bridgehead atoms. The van der Waals surface area contributed by atoms with Crippen molar-refractivity contribution in [1.82, 2.24) is 0 Å². The topological polar surface area (TPSA) is 73.6 Å². The minimum absolute atomic E-state index is 0.221. The standard InChI is InChI=1S/C12H7BrO5/c1-17-12(16)11(15)8-5-18-9-3-2-6(13)4-7(9)10(8)14/h2-5H,1H3. The average molecular weight is 311 g/mol. The van der Waals surface area contributed by atoms with Gasteiger partial charge >= 0.3 is 5.97 Å². The first-order chi connectivity index (χ1) is 8.54. The van der Waals surface area contributed by atoms with Crippen LogP contribution in [0.3, 0.4) is 0 Å². The summed E-state index contributed by atoms with van der Waals surface area (Å²) in [5.41, 5.74) is -0.565. The van der Waals surface area contributed by atoms with Gasteiger partial charge in [0.1, 0.15) is 17.4 Å². The summed E-state index contributed by atoms with van der Waals surface area (Å²) < 4.78 is 10.1. The number of benzene rings is 1. The molecule has 0 N–H and O–H groups in total. The summed E-state index contributed by atoms with van der Waals surface area (Å²) in [4.78, 5) is 34.7. The van der Waals surface area contributed by atoms with Crippen molar-refractivity contribution in [3.05, 3.63) is 44.7 Å². The third kappa shape index (κ3) is 2.06. The Labute approximate surface area is 109 Å². The van der Waals surface area contributed by atoms with Crippen LogP contribution in [0.15, 0.2) is 38.1 Å². The predicted octanol–water partition coefficient (Wildman–Crippen LogP) is 1.91. The Morgan fingerprint density at radius 1 is 1.33 bits per heavy atom. The first-order valence-electron chi connectivity index (χ1n) is 4.88. The quantitative estimate of drug-likeness (QED) is 0.481. The van der Waals surface area contributed by atoms with Crippen molar-refractivity contribution >= 4 is 38.7 Å². The number of fused-ring (bicyclic) bond motifs is 1. The summed E-state index contributed by atoms with van der Waals surface area (Å²) in [6.45, 7) is 0. The van der Waals surface area contributed by atoms with Gasteiger partial charge in [0, 0.05) is 4.47 Å². The maximum absolute atomic E-state index is 12.0. The molecule has 2 rings (SSSR count). The first-order valence-corrected chi connectivity index (χ1v) is 5.67. The second-order valence-corrected chi connectivity index (χ2v) is 4.36. The SMILES string of the molecule is COC(=O)C(=O)c1coc2ccc(Br)cc2c1=O. The van der Waals surface area contributed by atoms with E-state index in [1.54, 1.807) is 12.1 Å². The maximum atomic E-state index is 12.0. The molecule has 0 radical (unpaired) electrons. The van der Waals surface area contributed by atoms with E-state index in [4.69, 9.17) is 4.42 Å². The summed E-state index contributed by atoms with van der Waals surface area (Å²) in [7, 11) is 1.07. The molecule has 1 heterocycles. The third-order valence-electron chi connectivity index (χ3n) is 2.35. The molecule has 0 aliphatic heterocycles. The Morgan fingerprint density at radius 2 is 2.06 bits per heavy atom. The Balaban J connectivity index is 2.68. The highest BCUT2D eigenvalue weighted by Gasteiger charge is 2.22. The van der Waals surface area contributed by atoms with Gasteiger partial charge in [0.2, 0.25) is 5.43 Å². The van der Waals surface area contributed by atoms with Gasteiger partial charge in [-0.25, -0.2) is 4.79 Å². The number of hydrogen-bond acceptors (Lipinski definition) is 5. The first kappa shape index (κ1) is 12.5. The van der Waals surface area contributed by atoms with E-state index in [-0.39, 0.29) is 10.9 Å². The number of esters is 1. The molecule has 0 saturated heterocycles. The Hall–Kier alpha value is -1.95. The van der Waals surface area contributed by atoms with Crippen molar-refractivity contribution in [2.45, 2.75) is 0 Å². The fourth-order valence-electron chi connectivity index (χ4n) is 1.46. The maximum Gasteiger partial charge on any atom is 0.379 e. The van der Waals surface area contributed by atoms with E-state index < -0.39 is 17.2 Å². The summed E-state index contributed by atoms with van der Waals surface area (Å²) in [5, 5.41) is 0.221. The number of Topliss-reactive ketones (excluding diaryl/α,β-unsaturated/α-hetero) is 1. The normalized spacial score (nSPS) is 10.3. The van der Waals surface area contributed by atoms with E-state index >= 15 is 0 Å². The van der Waals surface area contributed by atoms with Crippen LogP contribution in [0.5, 0.6) is 0 Å². The van der Waals surface area contributed by atoms with Gasteiger partial charge in [-0.2, -0.15) is 0 Å². The Bertz CT molecular complexity index is 701. The molecule has 18 heavy (non-hydrogen) atoms. The van der Waals surface area contributed by atoms with Crippen LogP contribution >= 0.6 is 15.9 Å². The van der Waals surface area contributed by atoms with Gasteiger partial charge in [-0.05, 0) is 18.2 Å². The van der Waals surface area contributed by atoms with Crippen molar-refractivity contribution < 1.29 is 18.7 Å². The van der Waals surface area contributed by atoms with Crippen LogP contribution in [0, 0.1) is 0 Å². The smallest absolute Gasteiger partial charge is 0.379 e. The molecule has 1 aromatic heterocycles. The Kier molecular flexibility index (Phi) is 3.29. The highest BCUT2D eigenvalue weighted by Crippen LogP contribution is 2.17. The van der Waals surface area contributed by atoms with Crippen molar-refractivity contribution in [3.8, 4) is 0 Å². The van der Waals surface area contributed by atoms with Gasteiger partial charge in [-0.3, -0.25) is 9.59 Å². The number of carbonyl (C=O) groups is 2. The third-order valence-corrected chi connectivity index (χ3v) is 2.84. The highest BCUT2D eigenvalue weighted by molar-refractivity contribution is 9.10. The van der Waals surface area contributed by atoms with Crippen LogP contribution in [0.25, 0.3) is 11.0 Å². The zero-order valence-electron chi connectivity index (χ0n) is 9.23. The fraction of sp³-hybridized carbons (Fsp3) is 0.0833. The molecule has 5 nitrogen and oxygen atoms in total. The van der Waals surface area contributed by atoms with Crippen molar-refractivity contribution in [1.29, 1.82) is 0 Å². The van der Waals surface area contributed by atoms with Gasteiger partial charge in [-0.15, -0.1) is 0 Å². The molecule has 2 aromatic rings. The van der Waals surface area contributed by atoms with Crippen LogP contribution < -0.4 is 5.43 Å². The van der Waals surface area contributed by atoms with Crippen LogP contribution in [-0.4, -0.2) is 18.9 Å². The lowest BCUT2D eigenvalue weighted by molar-refractivity contribution is -0.135. The molecular formula is C12H7BrO5. The van der Waals surface area contributed by atoms with Gasteiger partial charge in [0.25, 0.3) is 5.78 Å².